The van der Waals surface area contributed by atoms with Gasteiger partial charge in [-0.25, -0.2) is 4.39 Å². The van der Waals surface area contributed by atoms with E-state index in [1.54, 1.807) is 39.0 Å². The van der Waals surface area contributed by atoms with E-state index in [0.717, 1.165) is 0 Å². The lowest BCUT2D eigenvalue weighted by Crippen LogP contribution is -2.38. The molecule has 1 aromatic carbocycles. The average molecular weight is 251 g/mol. The fourth-order valence-corrected chi connectivity index (χ4v) is 1.33. The van der Waals surface area contributed by atoms with Crippen LogP contribution >= 0.6 is 0 Å². The predicted molar refractivity (Wildman–Crippen MR) is 69.4 cm³/mol. The number of rotatable bonds is 4. The number of halogens is 1. The Bertz CT molecular complexity index is 461. The minimum absolute atomic E-state index is 0.147. The molecule has 18 heavy (non-hydrogen) atoms. The van der Waals surface area contributed by atoms with Crippen molar-refractivity contribution in [2.24, 2.45) is 0 Å². The first-order chi connectivity index (χ1) is 8.29. The minimum atomic E-state index is -0.964. The number of hydrogen-bond donors (Lipinski definition) is 2. The van der Waals surface area contributed by atoms with Gasteiger partial charge in [-0.15, -0.1) is 0 Å². The summed E-state index contributed by atoms with van der Waals surface area (Å²) in [4.78, 5) is 11.7. The van der Waals surface area contributed by atoms with Crippen molar-refractivity contribution in [3.05, 3.63) is 41.2 Å². The van der Waals surface area contributed by atoms with Gasteiger partial charge in [-0.05, 0) is 32.9 Å². The van der Waals surface area contributed by atoms with Crippen molar-refractivity contribution < 1.29 is 14.3 Å². The highest BCUT2D eigenvalue weighted by molar-refractivity contribution is 5.97. The van der Waals surface area contributed by atoms with Crippen LogP contribution in [0.2, 0.25) is 0 Å². The van der Waals surface area contributed by atoms with Crippen LogP contribution in [0.15, 0.2) is 29.8 Å². The summed E-state index contributed by atoms with van der Waals surface area (Å²) in [6.07, 6.45) is 1.48. The first kappa shape index (κ1) is 14.4. The quantitative estimate of drug-likeness (QED) is 0.805. The molecule has 0 aliphatic carbocycles. The number of nitrogens with one attached hydrogen (secondary N) is 1. The molecule has 0 heterocycles. The van der Waals surface area contributed by atoms with Gasteiger partial charge in [0.05, 0.1) is 5.60 Å². The van der Waals surface area contributed by atoms with E-state index in [1.165, 1.54) is 12.1 Å². The SMILES string of the molecule is C/C(=C\c1ccccc1F)C(=O)NCC(C)(C)O. The van der Waals surface area contributed by atoms with Gasteiger partial charge in [0.1, 0.15) is 5.82 Å². The highest BCUT2D eigenvalue weighted by Crippen LogP contribution is 2.11. The van der Waals surface area contributed by atoms with E-state index in [9.17, 15) is 14.3 Å². The predicted octanol–water partition coefficient (Wildman–Crippen LogP) is 2.12. The van der Waals surface area contributed by atoms with Gasteiger partial charge in [0.25, 0.3) is 0 Å². The Morgan fingerprint density at radius 2 is 2.06 bits per heavy atom. The summed E-state index contributed by atoms with van der Waals surface area (Å²) in [7, 11) is 0. The maximum Gasteiger partial charge on any atom is 0.247 e. The highest BCUT2D eigenvalue weighted by Gasteiger charge is 2.14. The molecular weight excluding hydrogens is 233 g/mol. The number of amides is 1. The van der Waals surface area contributed by atoms with E-state index in [1.807, 2.05) is 0 Å². The van der Waals surface area contributed by atoms with Crippen LogP contribution in [0.3, 0.4) is 0 Å². The highest BCUT2D eigenvalue weighted by atomic mass is 19.1. The maximum absolute atomic E-state index is 13.4. The molecule has 0 fully saturated rings. The van der Waals surface area contributed by atoms with Crippen molar-refractivity contribution in [2.45, 2.75) is 26.4 Å². The van der Waals surface area contributed by atoms with Gasteiger partial charge >= 0.3 is 0 Å². The first-order valence-electron chi connectivity index (χ1n) is 5.73. The number of carbonyl (C=O) groups is 1. The van der Waals surface area contributed by atoms with Crippen molar-refractivity contribution in [3.63, 3.8) is 0 Å². The van der Waals surface area contributed by atoms with Crippen molar-refractivity contribution in [1.82, 2.24) is 5.32 Å². The average Bonchev–Trinajstić information content (AvgIpc) is 2.28. The van der Waals surface area contributed by atoms with Crippen molar-refractivity contribution in [2.75, 3.05) is 6.54 Å². The molecule has 4 heteroatoms. The van der Waals surface area contributed by atoms with E-state index < -0.39 is 5.60 Å². The van der Waals surface area contributed by atoms with Gasteiger partial charge in [0.15, 0.2) is 0 Å². The summed E-state index contributed by atoms with van der Waals surface area (Å²) >= 11 is 0. The van der Waals surface area contributed by atoms with Crippen molar-refractivity contribution in [3.8, 4) is 0 Å². The molecule has 0 aliphatic heterocycles. The van der Waals surface area contributed by atoms with Crippen molar-refractivity contribution in [1.29, 1.82) is 0 Å². The summed E-state index contributed by atoms with van der Waals surface area (Å²) < 4.78 is 13.4. The molecule has 1 amide bonds. The molecular formula is C14H18FNO2. The molecule has 0 aromatic heterocycles. The van der Waals surface area contributed by atoms with Crippen LogP contribution in [0.25, 0.3) is 6.08 Å². The second-order valence-corrected chi connectivity index (χ2v) is 4.84. The third-order valence-corrected chi connectivity index (χ3v) is 2.32. The number of aliphatic hydroxyl groups is 1. The minimum Gasteiger partial charge on any atom is -0.389 e. The molecule has 0 radical (unpaired) electrons. The smallest absolute Gasteiger partial charge is 0.247 e. The Hall–Kier alpha value is -1.68. The van der Waals surface area contributed by atoms with Gasteiger partial charge in [0, 0.05) is 17.7 Å². The summed E-state index contributed by atoms with van der Waals surface area (Å²) in [6.45, 7) is 4.95. The molecule has 0 unspecified atom stereocenters. The summed E-state index contributed by atoms with van der Waals surface area (Å²) in [5, 5.41) is 12.1. The largest absolute Gasteiger partial charge is 0.389 e. The monoisotopic (exact) mass is 251 g/mol. The van der Waals surface area contributed by atoms with Crippen molar-refractivity contribution >= 4 is 12.0 Å². The molecule has 0 atom stereocenters. The molecule has 0 spiro atoms. The zero-order valence-electron chi connectivity index (χ0n) is 10.8. The van der Waals surface area contributed by atoms with Crippen LogP contribution in [0.1, 0.15) is 26.3 Å². The second kappa shape index (κ2) is 5.78. The normalized spacial score (nSPS) is 12.4. The Kier molecular flexibility index (Phi) is 4.62. The van der Waals surface area contributed by atoms with Crippen LogP contribution in [0.4, 0.5) is 4.39 Å². The Morgan fingerprint density at radius 1 is 1.44 bits per heavy atom. The van der Waals surface area contributed by atoms with E-state index in [2.05, 4.69) is 5.32 Å². The summed E-state index contributed by atoms with van der Waals surface area (Å²) in [5.41, 5.74) is -0.203. The van der Waals surface area contributed by atoms with Gasteiger partial charge in [-0.1, -0.05) is 18.2 Å². The maximum atomic E-state index is 13.4. The van der Waals surface area contributed by atoms with Gasteiger partial charge in [-0.2, -0.15) is 0 Å². The Labute approximate surface area is 106 Å². The molecule has 98 valence electrons. The standard InChI is InChI=1S/C14H18FNO2/c1-10(13(17)16-9-14(2,3)18)8-11-6-4-5-7-12(11)15/h4-8,18H,9H2,1-3H3,(H,16,17)/b10-8+. The van der Waals surface area contributed by atoms with Crippen LogP contribution in [0, 0.1) is 5.82 Å². The third kappa shape index (κ3) is 4.67. The second-order valence-electron chi connectivity index (χ2n) is 4.84. The molecule has 0 aliphatic rings. The Morgan fingerprint density at radius 3 is 2.61 bits per heavy atom. The molecule has 0 bridgehead atoms. The van der Waals surface area contributed by atoms with Crippen LogP contribution < -0.4 is 5.32 Å². The van der Waals surface area contributed by atoms with E-state index >= 15 is 0 Å². The van der Waals surface area contributed by atoms with Gasteiger partial charge < -0.3 is 10.4 Å². The molecule has 1 rings (SSSR count). The molecule has 2 N–H and O–H groups in total. The van der Waals surface area contributed by atoms with Crippen LogP contribution in [0.5, 0.6) is 0 Å². The van der Waals surface area contributed by atoms with Gasteiger partial charge in [0.2, 0.25) is 5.91 Å². The fraction of sp³-hybridized carbons (Fsp3) is 0.357. The van der Waals surface area contributed by atoms with Crippen LogP contribution in [-0.4, -0.2) is 23.2 Å². The lowest BCUT2D eigenvalue weighted by molar-refractivity contribution is -0.118. The Balaban J connectivity index is 2.72. The lowest BCUT2D eigenvalue weighted by Gasteiger charge is -2.17. The van der Waals surface area contributed by atoms with E-state index in [-0.39, 0.29) is 18.3 Å². The zero-order chi connectivity index (χ0) is 13.8. The van der Waals surface area contributed by atoms with E-state index in [4.69, 9.17) is 0 Å². The number of hydrogen-bond acceptors (Lipinski definition) is 2. The molecule has 1 aromatic rings. The first-order valence-corrected chi connectivity index (χ1v) is 5.73. The third-order valence-electron chi connectivity index (χ3n) is 2.32. The topological polar surface area (TPSA) is 49.3 Å². The molecule has 3 nitrogen and oxygen atoms in total. The van der Waals surface area contributed by atoms with E-state index in [0.29, 0.717) is 11.1 Å². The number of carbonyl (C=O) groups excluding carboxylic acids is 1. The lowest BCUT2D eigenvalue weighted by atomic mass is 10.1. The zero-order valence-corrected chi connectivity index (χ0v) is 10.8. The van der Waals surface area contributed by atoms with Gasteiger partial charge in [-0.3, -0.25) is 4.79 Å². The number of benzene rings is 1. The summed E-state index contributed by atoms with van der Waals surface area (Å²) in [5.74, 6) is -0.687. The fourth-order valence-electron chi connectivity index (χ4n) is 1.33. The van der Waals surface area contributed by atoms with Crippen LogP contribution in [-0.2, 0) is 4.79 Å². The summed E-state index contributed by atoms with van der Waals surface area (Å²) in [6, 6.07) is 6.24. The molecule has 0 saturated carbocycles. The molecule has 0 saturated heterocycles.